The monoisotopic (exact) mass is 183 g/mol. The molecule has 13 heavy (non-hydrogen) atoms. The molecule has 0 spiro atoms. The van der Waals surface area contributed by atoms with Crippen molar-refractivity contribution in [3.63, 3.8) is 0 Å². The first-order valence-corrected chi connectivity index (χ1v) is 5.25. The number of epoxide rings is 1. The van der Waals surface area contributed by atoms with Gasteiger partial charge in [0.2, 0.25) is 5.91 Å². The Morgan fingerprint density at radius 1 is 1.31 bits per heavy atom. The molecule has 2 fully saturated rings. The number of rotatable bonds is 3. The van der Waals surface area contributed by atoms with E-state index in [4.69, 9.17) is 4.74 Å². The van der Waals surface area contributed by atoms with E-state index >= 15 is 0 Å². The third-order valence-corrected chi connectivity index (χ3v) is 2.88. The highest BCUT2D eigenvalue weighted by atomic mass is 16.6. The molecule has 2 rings (SSSR count). The van der Waals surface area contributed by atoms with Gasteiger partial charge in [-0.15, -0.1) is 0 Å². The second-order valence-corrected chi connectivity index (χ2v) is 4.04. The third-order valence-electron chi connectivity index (χ3n) is 2.88. The van der Waals surface area contributed by atoms with Gasteiger partial charge in [-0.1, -0.05) is 19.3 Å². The minimum atomic E-state index is 0.246. The molecule has 1 saturated carbocycles. The van der Waals surface area contributed by atoms with Crippen molar-refractivity contribution in [3.8, 4) is 0 Å². The first-order valence-electron chi connectivity index (χ1n) is 5.25. The van der Waals surface area contributed by atoms with Gasteiger partial charge < -0.3 is 10.1 Å². The average Bonchev–Trinajstić information content (AvgIpc) is 2.99. The van der Waals surface area contributed by atoms with Crippen LogP contribution in [-0.2, 0) is 9.53 Å². The van der Waals surface area contributed by atoms with E-state index in [1.54, 1.807) is 0 Å². The van der Waals surface area contributed by atoms with Crippen LogP contribution in [0.3, 0.4) is 0 Å². The predicted octanol–water partition coefficient (Wildman–Crippen LogP) is 1.08. The van der Waals surface area contributed by atoms with Crippen molar-refractivity contribution in [2.45, 2.75) is 38.2 Å². The molecule has 0 aromatic heterocycles. The molecule has 1 aliphatic carbocycles. The zero-order valence-corrected chi connectivity index (χ0v) is 7.92. The molecular weight excluding hydrogens is 166 g/mol. The Labute approximate surface area is 78.8 Å². The van der Waals surface area contributed by atoms with Crippen LogP contribution < -0.4 is 5.32 Å². The Hall–Kier alpha value is -0.570. The van der Waals surface area contributed by atoms with Crippen LogP contribution in [0.1, 0.15) is 32.1 Å². The van der Waals surface area contributed by atoms with E-state index in [1.165, 1.54) is 19.3 Å². The van der Waals surface area contributed by atoms with Gasteiger partial charge in [0.1, 0.15) is 0 Å². The molecule has 0 radical (unpaired) electrons. The molecule has 1 aliphatic heterocycles. The zero-order valence-electron chi connectivity index (χ0n) is 7.92. The molecule has 1 heterocycles. The first kappa shape index (κ1) is 9.00. The summed E-state index contributed by atoms with van der Waals surface area (Å²) in [5, 5.41) is 2.95. The van der Waals surface area contributed by atoms with Crippen LogP contribution in [-0.4, -0.2) is 25.2 Å². The lowest BCUT2D eigenvalue weighted by molar-refractivity contribution is -0.125. The zero-order chi connectivity index (χ0) is 9.10. The minimum absolute atomic E-state index is 0.246. The van der Waals surface area contributed by atoms with E-state index in [9.17, 15) is 4.79 Å². The lowest BCUT2D eigenvalue weighted by Crippen LogP contribution is -2.34. The standard InChI is InChI=1S/C10H17NO2/c12-10(11-6-9-7-13-9)8-4-2-1-3-5-8/h8-9H,1-7H2,(H,11,12)/t9-/m0/s1. The molecule has 0 unspecified atom stereocenters. The van der Waals surface area contributed by atoms with Gasteiger partial charge in [-0.25, -0.2) is 0 Å². The van der Waals surface area contributed by atoms with Crippen molar-refractivity contribution in [1.29, 1.82) is 0 Å². The topological polar surface area (TPSA) is 41.6 Å². The fraction of sp³-hybridized carbons (Fsp3) is 0.900. The second-order valence-electron chi connectivity index (χ2n) is 4.04. The number of carbonyl (C=O) groups excluding carboxylic acids is 1. The Morgan fingerprint density at radius 3 is 2.62 bits per heavy atom. The summed E-state index contributed by atoms with van der Waals surface area (Å²) in [7, 11) is 0. The highest BCUT2D eigenvalue weighted by molar-refractivity contribution is 5.78. The van der Waals surface area contributed by atoms with Crippen LogP contribution in [0.4, 0.5) is 0 Å². The largest absolute Gasteiger partial charge is 0.371 e. The SMILES string of the molecule is O=C(NC[C@H]1CO1)C1CCCCC1. The number of hydrogen-bond acceptors (Lipinski definition) is 2. The Morgan fingerprint density at radius 2 is 2.00 bits per heavy atom. The van der Waals surface area contributed by atoms with Crippen LogP contribution >= 0.6 is 0 Å². The van der Waals surface area contributed by atoms with E-state index in [1.807, 2.05) is 0 Å². The summed E-state index contributed by atoms with van der Waals surface area (Å²) in [6, 6.07) is 0. The maximum absolute atomic E-state index is 11.6. The molecule has 1 amide bonds. The third kappa shape index (κ3) is 2.69. The molecule has 0 bridgehead atoms. The second kappa shape index (κ2) is 4.09. The number of carbonyl (C=O) groups is 1. The van der Waals surface area contributed by atoms with Crippen molar-refractivity contribution >= 4 is 5.91 Å². The fourth-order valence-electron chi connectivity index (χ4n) is 1.91. The van der Waals surface area contributed by atoms with Gasteiger partial charge in [-0.2, -0.15) is 0 Å². The van der Waals surface area contributed by atoms with Crippen LogP contribution in [0, 0.1) is 5.92 Å². The Kier molecular flexibility index (Phi) is 2.83. The molecule has 3 heteroatoms. The molecule has 3 nitrogen and oxygen atoms in total. The molecule has 0 aromatic carbocycles. The highest BCUT2D eigenvalue weighted by Crippen LogP contribution is 2.23. The normalized spacial score (nSPS) is 28.5. The smallest absolute Gasteiger partial charge is 0.223 e. The van der Waals surface area contributed by atoms with Crippen molar-refractivity contribution in [2.24, 2.45) is 5.92 Å². The summed E-state index contributed by atoms with van der Waals surface area (Å²) in [5.74, 6) is 0.530. The molecule has 1 N–H and O–H groups in total. The molecule has 1 saturated heterocycles. The number of ether oxygens (including phenoxy) is 1. The number of amides is 1. The van der Waals surface area contributed by atoms with Crippen LogP contribution in [0.25, 0.3) is 0 Å². The summed E-state index contributed by atoms with van der Waals surface area (Å²) in [6.45, 7) is 1.54. The molecule has 0 aromatic rings. The lowest BCUT2D eigenvalue weighted by Gasteiger charge is -2.20. The van der Waals surface area contributed by atoms with E-state index in [2.05, 4.69) is 5.32 Å². The number of hydrogen-bond donors (Lipinski definition) is 1. The van der Waals surface area contributed by atoms with E-state index in [0.717, 1.165) is 26.0 Å². The summed E-state index contributed by atoms with van der Waals surface area (Å²) in [5.41, 5.74) is 0. The number of nitrogens with one attached hydrogen (secondary N) is 1. The van der Waals surface area contributed by atoms with Crippen molar-refractivity contribution in [3.05, 3.63) is 0 Å². The molecule has 1 atom stereocenters. The van der Waals surface area contributed by atoms with E-state index in [-0.39, 0.29) is 11.8 Å². The highest BCUT2D eigenvalue weighted by Gasteiger charge is 2.25. The molecular formula is C10H17NO2. The van der Waals surface area contributed by atoms with Crippen molar-refractivity contribution < 1.29 is 9.53 Å². The van der Waals surface area contributed by atoms with Crippen LogP contribution in [0.5, 0.6) is 0 Å². The quantitative estimate of drug-likeness (QED) is 0.665. The summed E-state index contributed by atoms with van der Waals surface area (Å²) in [4.78, 5) is 11.6. The van der Waals surface area contributed by atoms with Gasteiger partial charge in [0.25, 0.3) is 0 Å². The van der Waals surface area contributed by atoms with Gasteiger partial charge in [0.05, 0.1) is 12.7 Å². The summed E-state index contributed by atoms with van der Waals surface area (Å²) >= 11 is 0. The summed E-state index contributed by atoms with van der Waals surface area (Å²) < 4.78 is 5.03. The van der Waals surface area contributed by atoms with Gasteiger partial charge in [0, 0.05) is 12.5 Å². The lowest BCUT2D eigenvalue weighted by atomic mass is 9.89. The van der Waals surface area contributed by atoms with Gasteiger partial charge >= 0.3 is 0 Å². The fourth-order valence-corrected chi connectivity index (χ4v) is 1.91. The van der Waals surface area contributed by atoms with E-state index < -0.39 is 0 Å². The van der Waals surface area contributed by atoms with Crippen molar-refractivity contribution in [2.75, 3.05) is 13.2 Å². The summed E-state index contributed by atoms with van der Waals surface area (Å²) in [6.07, 6.45) is 6.22. The molecule has 2 aliphatic rings. The maximum Gasteiger partial charge on any atom is 0.223 e. The van der Waals surface area contributed by atoms with E-state index in [0.29, 0.717) is 6.10 Å². The average molecular weight is 183 g/mol. The van der Waals surface area contributed by atoms with Crippen LogP contribution in [0.2, 0.25) is 0 Å². The minimum Gasteiger partial charge on any atom is -0.371 e. The van der Waals surface area contributed by atoms with Gasteiger partial charge in [0.15, 0.2) is 0 Å². The van der Waals surface area contributed by atoms with Gasteiger partial charge in [-0.05, 0) is 12.8 Å². The molecule has 74 valence electrons. The van der Waals surface area contributed by atoms with Gasteiger partial charge in [-0.3, -0.25) is 4.79 Å². The van der Waals surface area contributed by atoms with Crippen LogP contribution in [0.15, 0.2) is 0 Å². The van der Waals surface area contributed by atoms with Crippen molar-refractivity contribution in [1.82, 2.24) is 5.32 Å². The predicted molar refractivity (Wildman–Crippen MR) is 49.3 cm³/mol. The Balaban J connectivity index is 1.67. The first-order chi connectivity index (χ1) is 6.36. The Bertz CT molecular complexity index is 183. The maximum atomic E-state index is 11.6.